The van der Waals surface area contributed by atoms with Crippen LogP contribution in [0.2, 0.25) is 0 Å². The van der Waals surface area contributed by atoms with E-state index in [0.717, 1.165) is 12.1 Å². The third-order valence-electron chi connectivity index (χ3n) is 2.72. The molecular weight excluding hydrogens is 317 g/mol. The van der Waals surface area contributed by atoms with Crippen LogP contribution < -0.4 is 4.72 Å². The zero-order chi connectivity index (χ0) is 14.3. The molecule has 0 aliphatic carbocycles. The smallest absolute Gasteiger partial charge is 0.229 e. The number of hydrogen-bond donors (Lipinski definition) is 1. The fourth-order valence-corrected chi connectivity index (χ4v) is 5.92. The maximum absolute atomic E-state index is 13.4. The van der Waals surface area contributed by atoms with E-state index in [2.05, 4.69) is 4.72 Å². The van der Waals surface area contributed by atoms with Gasteiger partial charge in [-0.05, 0) is 12.1 Å². The van der Waals surface area contributed by atoms with E-state index in [1.54, 1.807) is 0 Å². The summed E-state index contributed by atoms with van der Waals surface area (Å²) in [5, 5.41) is -0.855. The van der Waals surface area contributed by atoms with E-state index in [1.165, 1.54) is 12.1 Å². The molecule has 1 fully saturated rings. The summed E-state index contributed by atoms with van der Waals surface area (Å²) < 4.78 is 62.2. The molecule has 19 heavy (non-hydrogen) atoms. The lowest BCUT2D eigenvalue weighted by molar-refractivity contribution is 0.545. The number of sulfone groups is 1. The second-order valence-corrected chi connectivity index (χ2v) is 8.65. The van der Waals surface area contributed by atoms with Crippen molar-refractivity contribution in [3.8, 4) is 0 Å². The highest BCUT2D eigenvalue weighted by atomic mass is 35.5. The minimum absolute atomic E-state index is 0.293. The summed E-state index contributed by atoms with van der Waals surface area (Å²) in [7, 11) is -7.49. The molecule has 1 aromatic carbocycles. The van der Waals surface area contributed by atoms with Crippen molar-refractivity contribution in [2.75, 3.05) is 11.5 Å². The van der Waals surface area contributed by atoms with Crippen molar-refractivity contribution in [2.45, 2.75) is 16.3 Å². The van der Waals surface area contributed by atoms with Gasteiger partial charge in [0.1, 0.15) is 10.7 Å². The van der Waals surface area contributed by atoms with Crippen molar-refractivity contribution in [3.05, 3.63) is 30.1 Å². The van der Waals surface area contributed by atoms with E-state index in [0.29, 0.717) is 0 Å². The fourth-order valence-electron chi connectivity index (χ4n) is 1.84. The van der Waals surface area contributed by atoms with Gasteiger partial charge in [0.05, 0.1) is 22.9 Å². The first-order valence-electron chi connectivity index (χ1n) is 5.33. The molecule has 1 aromatic rings. The van der Waals surface area contributed by atoms with E-state index < -0.39 is 42.0 Å². The molecule has 9 heteroatoms. The average Bonchev–Trinajstić information content (AvgIpc) is 2.51. The molecule has 106 valence electrons. The first-order valence-corrected chi connectivity index (χ1v) is 9.07. The van der Waals surface area contributed by atoms with E-state index >= 15 is 0 Å². The van der Waals surface area contributed by atoms with Gasteiger partial charge in [-0.25, -0.2) is 25.9 Å². The molecule has 5 nitrogen and oxygen atoms in total. The zero-order valence-corrected chi connectivity index (χ0v) is 12.0. The molecule has 0 spiro atoms. The molecular formula is C10H11ClFNO4S2. The summed E-state index contributed by atoms with van der Waals surface area (Å²) in [6.07, 6.45) is 0. The minimum atomic E-state index is -4.13. The molecule has 0 bridgehead atoms. The van der Waals surface area contributed by atoms with Crippen LogP contribution in [-0.4, -0.2) is 39.8 Å². The standard InChI is InChI=1S/C10H11ClFNO4S2/c11-7-5-18(14,15)6-9(7)13-19(16,17)10-4-2-1-3-8(10)12/h1-4,7,9,13H,5-6H2. The lowest BCUT2D eigenvalue weighted by Gasteiger charge is -2.14. The second kappa shape index (κ2) is 5.01. The number of nitrogens with one attached hydrogen (secondary N) is 1. The van der Waals surface area contributed by atoms with Gasteiger partial charge in [0.2, 0.25) is 10.0 Å². The number of sulfonamides is 1. The van der Waals surface area contributed by atoms with Gasteiger partial charge in [0.15, 0.2) is 9.84 Å². The first-order chi connectivity index (χ1) is 8.71. The van der Waals surface area contributed by atoms with Gasteiger partial charge in [-0.15, -0.1) is 11.6 Å². The number of halogens is 2. The second-order valence-electron chi connectivity index (χ2n) is 4.25. The Balaban J connectivity index is 2.27. The average molecular weight is 328 g/mol. The predicted octanol–water partition coefficient (Wildman–Crippen LogP) is 0.508. The van der Waals surface area contributed by atoms with Crippen LogP contribution in [0.4, 0.5) is 4.39 Å². The fraction of sp³-hybridized carbons (Fsp3) is 0.400. The van der Waals surface area contributed by atoms with Crippen LogP contribution in [0.15, 0.2) is 29.2 Å². The van der Waals surface area contributed by atoms with Crippen LogP contribution >= 0.6 is 11.6 Å². The molecule has 1 saturated heterocycles. The molecule has 2 atom stereocenters. The van der Waals surface area contributed by atoms with Crippen molar-refractivity contribution in [1.82, 2.24) is 4.72 Å². The number of benzene rings is 1. The largest absolute Gasteiger partial charge is 0.243 e. The predicted molar refractivity (Wildman–Crippen MR) is 68.8 cm³/mol. The number of hydrogen-bond acceptors (Lipinski definition) is 4. The molecule has 1 aliphatic heterocycles. The molecule has 0 saturated carbocycles. The third-order valence-corrected chi connectivity index (χ3v) is 6.61. The maximum atomic E-state index is 13.4. The minimum Gasteiger partial charge on any atom is -0.229 e. The van der Waals surface area contributed by atoms with Gasteiger partial charge in [-0.3, -0.25) is 0 Å². The summed E-state index contributed by atoms with van der Waals surface area (Å²) in [4.78, 5) is -0.525. The van der Waals surface area contributed by atoms with Gasteiger partial charge in [0.25, 0.3) is 0 Å². The van der Waals surface area contributed by atoms with Crippen molar-refractivity contribution < 1.29 is 21.2 Å². The highest BCUT2D eigenvalue weighted by Crippen LogP contribution is 2.21. The van der Waals surface area contributed by atoms with E-state index in [4.69, 9.17) is 11.6 Å². The molecule has 1 N–H and O–H groups in total. The molecule has 2 unspecified atom stereocenters. The molecule has 0 aromatic heterocycles. The SMILES string of the molecule is O=S1(=O)CC(Cl)C(NS(=O)(=O)c2ccccc2F)C1. The summed E-state index contributed by atoms with van der Waals surface area (Å²) in [6, 6.07) is 3.90. The Labute approximate surface area is 115 Å². The highest BCUT2D eigenvalue weighted by Gasteiger charge is 2.39. The molecule has 2 rings (SSSR count). The third kappa shape index (κ3) is 3.25. The Hall–Kier alpha value is -0.700. The molecule has 1 aliphatic rings. The molecule has 1 heterocycles. The van der Waals surface area contributed by atoms with Gasteiger partial charge < -0.3 is 0 Å². The topological polar surface area (TPSA) is 80.3 Å². The number of alkyl halides is 1. The van der Waals surface area contributed by atoms with Crippen molar-refractivity contribution in [3.63, 3.8) is 0 Å². The number of rotatable bonds is 3. The van der Waals surface area contributed by atoms with Crippen molar-refractivity contribution >= 4 is 31.5 Å². The Morgan fingerprint density at radius 2 is 1.89 bits per heavy atom. The van der Waals surface area contributed by atoms with Crippen LogP contribution in [-0.2, 0) is 19.9 Å². The van der Waals surface area contributed by atoms with Gasteiger partial charge >= 0.3 is 0 Å². The van der Waals surface area contributed by atoms with E-state index in [-0.39, 0.29) is 11.5 Å². The van der Waals surface area contributed by atoms with Crippen LogP contribution in [0.5, 0.6) is 0 Å². The summed E-state index contributed by atoms with van der Waals surface area (Å²) >= 11 is 5.80. The van der Waals surface area contributed by atoms with Gasteiger partial charge in [0, 0.05) is 0 Å². The monoisotopic (exact) mass is 327 g/mol. The Kier molecular flexibility index (Phi) is 3.87. The first kappa shape index (κ1) is 14.7. The maximum Gasteiger partial charge on any atom is 0.243 e. The highest BCUT2D eigenvalue weighted by molar-refractivity contribution is 7.92. The van der Waals surface area contributed by atoms with Crippen molar-refractivity contribution in [2.24, 2.45) is 0 Å². The molecule has 0 amide bonds. The normalized spacial score (nSPS) is 26.4. The summed E-state index contributed by atoms with van der Waals surface area (Å²) in [6.45, 7) is 0. The quantitative estimate of drug-likeness (QED) is 0.820. The summed E-state index contributed by atoms with van der Waals surface area (Å²) in [5.74, 6) is -1.57. The lowest BCUT2D eigenvalue weighted by atomic mass is 10.3. The van der Waals surface area contributed by atoms with Gasteiger partial charge in [-0.2, -0.15) is 0 Å². The molecule has 0 radical (unpaired) electrons. The lowest BCUT2D eigenvalue weighted by Crippen LogP contribution is -2.40. The van der Waals surface area contributed by atoms with E-state index in [1.807, 2.05) is 0 Å². The summed E-state index contributed by atoms with van der Waals surface area (Å²) in [5.41, 5.74) is 0. The van der Waals surface area contributed by atoms with Gasteiger partial charge in [-0.1, -0.05) is 12.1 Å². The van der Waals surface area contributed by atoms with Crippen molar-refractivity contribution in [1.29, 1.82) is 0 Å². The van der Waals surface area contributed by atoms with Crippen LogP contribution in [0, 0.1) is 5.82 Å². The Morgan fingerprint density at radius 1 is 1.26 bits per heavy atom. The van der Waals surface area contributed by atoms with E-state index in [9.17, 15) is 21.2 Å². The van der Waals surface area contributed by atoms with Crippen LogP contribution in [0.1, 0.15) is 0 Å². The Morgan fingerprint density at radius 3 is 2.42 bits per heavy atom. The van der Waals surface area contributed by atoms with Crippen LogP contribution in [0.25, 0.3) is 0 Å². The Bertz CT molecular complexity index is 689. The van der Waals surface area contributed by atoms with Crippen LogP contribution in [0.3, 0.4) is 0 Å². The zero-order valence-electron chi connectivity index (χ0n) is 9.58.